The quantitative estimate of drug-likeness (QED) is 0.0374. The lowest BCUT2D eigenvalue weighted by molar-refractivity contribution is -0.132. The minimum Gasteiger partial charge on any atom is -0.507 e. The van der Waals surface area contributed by atoms with E-state index in [2.05, 4.69) is 17.1 Å². The number of ether oxygens (including phenoxy) is 3. The zero-order valence-electron chi connectivity index (χ0n) is 26.9. The van der Waals surface area contributed by atoms with Gasteiger partial charge in [-0.1, -0.05) is 67.1 Å². The summed E-state index contributed by atoms with van der Waals surface area (Å²) in [6.07, 6.45) is 3.63. The predicted molar refractivity (Wildman–Crippen MR) is 184 cm³/mol. The molecule has 1 amide bonds. The van der Waals surface area contributed by atoms with E-state index in [1.54, 1.807) is 54.6 Å². The molecule has 1 saturated heterocycles. The summed E-state index contributed by atoms with van der Waals surface area (Å²) >= 11 is 2.39. The molecule has 0 radical (unpaired) electrons. The lowest BCUT2D eigenvalue weighted by Crippen LogP contribution is -2.29. The molecular formula is C36H36FN3O6S2. The monoisotopic (exact) mass is 689 g/mol. The molecule has 2 atom stereocenters. The van der Waals surface area contributed by atoms with E-state index >= 15 is 0 Å². The number of fused-ring (bicyclic) bond motifs is 1. The Morgan fingerprint density at radius 2 is 1.90 bits per heavy atom. The number of aliphatic hydroxyl groups excluding tert-OH is 1. The molecule has 3 aromatic carbocycles. The third kappa shape index (κ3) is 6.91. The summed E-state index contributed by atoms with van der Waals surface area (Å²) in [7, 11) is 0. The van der Waals surface area contributed by atoms with Crippen molar-refractivity contribution >= 4 is 45.7 Å². The number of carbonyl (C=O) groups excluding carboxylic acids is 2. The van der Waals surface area contributed by atoms with E-state index in [1.165, 1.54) is 22.7 Å². The Labute approximate surface area is 286 Å². The van der Waals surface area contributed by atoms with Crippen LogP contribution in [0.25, 0.3) is 5.76 Å². The van der Waals surface area contributed by atoms with Gasteiger partial charge >= 0.3 is 5.91 Å². The number of nitrogens with zero attached hydrogens (tertiary/aromatic N) is 3. The number of aliphatic hydroxyl groups is 1. The van der Waals surface area contributed by atoms with Crippen LogP contribution in [0.3, 0.4) is 0 Å². The van der Waals surface area contributed by atoms with Crippen LogP contribution in [0.4, 0.5) is 9.52 Å². The van der Waals surface area contributed by atoms with Gasteiger partial charge in [0.15, 0.2) is 15.8 Å². The standard InChI is InChI=1S/C36H36FN3O6S2/c1-4-6-9-16-45-28-15-12-22(19-29(28)44-5-2)31-30(32(41)23-13-14-27-25(18-23)17-21(3)46-27)33(42)34(43)40(31)35-38-39-36(48-35)47-20-24-10-7-8-11-26(24)37/h7-8,10-15,18-19,21,31,41H,4-6,9,16-17,20H2,1-3H3/t21-,31+/m1/s1. The highest BCUT2D eigenvalue weighted by atomic mass is 32.2. The first kappa shape index (κ1) is 33.5. The van der Waals surface area contributed by atoms with E-state index in [-0.39, 0.29) is 28.4 Å². The SMILES string of the molecule is CCCCCOc1ccc([C@H]2C(=C(O)c3ccc4c(c3)C[C@@H](C)O4)C(=O)C(=O)N2c2nnc(SCc3ccccc3F)s2)cc1OCC. The van der Waals surface area contributed by atoms with Crippen LogP contribution in [0.2, 0.25) is 0 Å². The van der Waals surface area contributed by atoms with E-state index in [0.717, 1.165) is 41.9 Å². The second kappa shape index (κ2) is 14.8. The molecule has 6 rings (SSSR count). The number of rotatable bonds is 13. The summed E-state index contributed by atoms with van der Waals surface area (Å²) in [6.45, 7) is 6.83. The van der Waals surface area contributed by atoms with E-state index in [0.29, 0.717) is 57.9 Å². The highest BCUT2D eigenvalue weighted by Crippen LogP contribution is 2.46. The molecule has 1 N–H and O–H groups in total. The highest BCUT2D eigenvalue weighted by Gasteiger charge is 2.48. The largest absolute Gasteiger partial charge is 0.507 e. The van der Waals surface area contributed by atoms with Crippen molar-refractivity contribution in [3.8, 4) is 17.2 Å². The second-order valence-corrected chi connectivity index (χ2v) is 13.7. The van der Waals surface area contributed by atoms with Crippen LogP contribution >= 0.6 is 23.1 Å². The summed E-state index contributed by atoms with van der Waals surface area (Å²) in [6, 6.07) is 15.9. The third-order valence-electron chi connectivity index (χ3n) is 8.11. The van der Waals surface area contributed by atoms with Crippen LogP contribution in [0, 0.1) is 5.82 Å². The molecule has 9 nitrogen and oxygen atoms in total. The van der Waals surface area contributed by atoms with Crippen LogP contribution in [0.1, 0.15) is 68.3 Å². The fraction of sp³-hybridized carbons (Fsp3) is 0.333. The first-order valence-corrected chi connectivity index (χ1v) is 17.8. The number of Topliss-reactive ketones (excluding diaryl/α,β-unsaturated/α-hetero) is 1. The molecule has 1 fully saturated rings. The molecule has 0 spiro atoms. The van der Waals surface area contributed by atoms with Crippen LogP contribution in [0.5, 0.6) is 17.2 Å². The Hall–Kier alpha value is -4.42. The molecule has 250 valence electrons. The van der Waals surface area contributed by atoms with Gasteiger partial charge in [-0.15, -0.1) is 10.2 Å². The van der Waals surface area contributed by atoms with Crippen molar-refractivity contribution in [3.63, 3.8) is 0 Å². The lowest BCUT2D eigenvalue weighted by Gasteiger charge is -2.23. The Morgan fingerprint density at radius 1 is 1.06 bits per heavy atom. The molecular weight excluding hydrogens is 654 g/mol. The molecule has 0 saturated carbocycles. The van der Waals surface area contributed by atoms with Crippen molar-refractivity contribution in [2.75, 3.05) is 18.1 Å². The maximum Gasteiger partial charge on any atom is 0.301 e. The Morgan fingerprint density at radius 3 is 2.69 bits per heavy atom. The Bertz CT molecular complexity index is 1860. The summed E-state index contributed by atoms with van der Waals surface area (Å²) in [4.78, 5) is 28.9. The van der Waals surface area contributed by atoms with E-state index in [4.69, 9.17) is 14.2 Å². The predicted octanol–water partition coefficient (Wildman–Crippen LogP) is 7.89. The van der Waals surface area contributed by atoms with Gasteiger partial charge in [-0.25, -0.2) is 4.39 Å². The number of unbranched alkanes of at least 4 members (excludes halogenated alkanes) is 2. The van der Waals surface area contributed by atoms with E-state index in [9.17, 15) is 19.1 Å². The molecule has 0 bridgehead atoms. The number of benzene rings is 3. The van der Waals surface area contributed by atoms with Gasteiger partial charge < -0.3 is 19.3 Å². The van der Waals surface area contributed by atoms with E-state index < -0.39 is 17.7 Å². The van der Waals surface area contributed by atoms with Crippen molar-refractivity contribution in [2.45, 2.75) is 68.7 Å². The smallest absolute Gasteiger partial charge is 0.301 e. The topological polar surface area (TPSA) is 111 Å². The Kier molecular flexibility index (Phi) is 10.3. The number of carbonyl (C=O) groups is 2. The third-order valence-corrected chi connectivity index (χ3v) is 10.2. The molecule has 48 heavy (non-hydrogen) atoms. The summed E-state index contributed by atoms with van der Waals surface area (Å²) < 4.78 is 32.6. The molecule has 12 heteroatoms. The fourth-order valence-electron chi connectivity index (χ4n) is 5.80. The van der Waals surface area contributed by atoms with Gasteiger partial charge in [-0.3, -0.25) is 14.5 Å². The molecule has 2 aliphatic heterocycles. The number of ketones is 1. The van der Waals surface area contributed by atoms with E-state index in [1.807, 2.05) is 13.8 Å². The minimum absolute atomic E-state index is 0.00878. The average Bonchev–Trinajstić information content (AvgIpc) is 3.77. The van der Waals surface area contributed by atoms with Gasteiger partial charge in [0, 0.05) is 17.7 Å². The fourth-order valence-corrected chi connectivity index (χ4v) is 7.65. The highest BCUT2D eigenvalue weighted by molar-refractivity contribution is 8.00. The molecule has 0 unspecified atom stereocenters. The molecule has 4 aromatic rings. The van der Waals surface area contributed by atoms with Crippen LogP contribution in [0.15, 0.2) is 70.6 Å². The van der Waals surface area contributed by atoms with Crippen molar-refractivity contribution in [1.29, 1.82) is 0 Å². The van der Waals surface area contributed by atoms with Gasteiger partial charge in [-0.05, 0) is 73.4 Å². The van der Waals surface area contributed by atoms with Crippen molar-refractivity contribution in [1.82, 2.24) is 10.2 Å². The summed E-state index contributed by atoms with van der Waals surface area (Å²) in [5.74, 6) is -0.294. The molecule has 3 heterocycles. The first-order chi connectivity index (χ1) is 23.3. The van der Waals surface area contributed by atoms with Gasteiger partial charge in [0.05, 0.1) is 24.8 Å². The average molecular weight is 690 g/mol. The zero-order chi connectivity index (χ0) is 33.8. The Balaban J connectivity index is 1.40. The number of thioether (sulfide) groups is 1. The van der Waals surface area contributed by atoms with Crippen LogP contribution in [-0.2, 0) is 21.8 Å². The van der Waals surface area contributed by atoms with Crippen LogP contribution < -0.4 is 19.1 Å². The molecule has 0 aliphatic carbocycles. The number of aromatic nitrogens is 2. The summed E-state index contributed by atoms with van der Waals surface area (Å²) in [5, 5.41) is 20.4. The molecule has 1 aromatic heterocycles. The van der Waals surface area contributed by atoms with Gasteiger partial charge in [0.2, 0.25) is 5.13 Å². The van der Waals surface area contributed by atoms with Gasteiger partial charge in [-0.2, -0.15) is 0 Å². The van der Waals surface area contributed by atoms with Crippen molar-refractivity contribution < 1.29 is 33.3 Å². The zero-order valence-corrected chi connectivity index (χ0v) is 28.5. The van der Waals surface area contributed by atoms with Crippen molar-refractivity contribution in [2.24, 2.45) is 0 Å². The number of amides is 1. The van der Waals surface area contributed by atoms with Gasteiger partial charge in [0.25, 0.3) is 5.78 Å². The number of hydrogen-bond acceptors (Lipinski definition) is 10. The maximum absolute atomic E-state index is 14.3. The van der Waals surface area contributed by atoms with Crippen LogP contribution in [-0.4, -0.2) is 46.3 Å². The normalized spacial score (nSPS) is 18.2. The second-order valence-electron chi connectivity index (χ2n) is 11.5. The number of anilines is 1. The maximum atomic E-state index is 14.3. The molecule has 2 aliphatic rings. The van der Waals surface area contributed by atoms with Gasteiger partial charge in [0.1, 0.15) is 23.4 Å². The van der Waals surface area contributed by atoms with Crippen molar-refractivity contribution in [3.05, 3.63) is 94.3 Å². The number of hydrogen-bond donors (Lipinski definition) is 1. The lowest BCUT2D eigenvalue weighted by atomic mass is 9.94. The first-order valence-electron chi connectivity index (χ1n) is 16.0. The number of halogens is 1. The minimum atomic E-state index is -1.04. The summed E-state index contributed by atoms with van der Waals surface area (Å²) in [5.41, 5.74) is 2.25.